The van der Waals surface area contributed by atoms with Crippen molar-refractivity contribution in [1.29, 1.82) is 0 Å². The fourth-order valence-corrected chi connectivity index (χ4v) is 4.97. The molecule has 2 fully saturated rings. The van der Waals surface area contributed by atoms with Crippen LogP contribution in [-0.2, 0) is 14.3 Å². The molecule has 0 aliphatic carbocycles. The molecule has 1 N–H and O–H groups in total. The molecule has 0 aromatic heterocycles. The summed E-state index contributed by atoms with van der Waals surface area (Å²) in [6.45, 7) is 5.39. The lowest BCUT2D eigenvalue weighted by Crippen LogP contribution is -2.42. The first-order chi connectivity index (χ1) is 18.3. The quantitative estimate of drug-likeness (QED) is 0.300. The predicted molar refractivity (Wildman–Crippen MR) is 140 cm³/mol. The largest absolute Gasteiger partial charge is 0.507 e. The number of likely N-dealkylation sites (tertiary alicyclic amines) is 1. The number of carbonyl (C=O) groups excluding carboxylic acids is 2. The molecule has 1 amide bonds. The predicted octanol–water partition coefficient (Wildman–Crippen LogP) is 2.78. The molecule has 2 aromatic rings. The van der Waals surface area contributed by atoms with Crippen LogP contribution in [0.2, 0.25) is 0 Å². The van der Waals surface area contributed by atoms with E-state index < -0.39 is 17.7 Å². The van der Waals surface area contributed by atoms with Crippen molar-refractivity contribution in [3.8, 4) is 23.0 Å². The molecule has 2 heterocycles. The lowest BCUT2D eigenvalue weighted by molar-refractivity contribution is -0.140. The van der Waals surface area contributed by atoms with Gasteiger partial charge in [0.05, 0.1) is 53.3 Å². The molecule has 2 aliphatic heterocycles. The third-order valence-corrected chi connectivity index (χ3v) is 6.97. The number of aliphatic hydroxyl groups is 1. The van der Waals surface area contributed by atoms with Crippen LogP contribution in [0.5, 0.6) is 23.0 Å². The summed E-state index contributed by atoms with van der Waals surface area (Å²) >= 11 is 0. The van der Waals surface area contributed by atoms with Gasteiger partial charge in [0.1, 0.15) is 11.5 Å². The first kappa shape index (κ1) is 27.3. The lowest BCUT2D eigenvalue weighted by atomic mass is 9.94. The van der Waals surface area contributed by atoms with Crippen LogP contribution in [0.1, 0.15) is 22.7 Å². The molecule has 0 radical (unpaired) electrons. The van der Waals surface area contributed by atoms with Crippen LogP contribution in [-0.4, -0.2) is 94.4 Å². The van der Waals surface area contributed by atoms with Crippen LogP contribution in [0.25, 0.3) is 5.76 Å². The first-order valence-electron chi connectivity index (χ1n) is 12.4. The molecule has 2 saturated heterocycles. The van der Waals surface area contributed by atoms with Gasteiger partial charge in [-0.15, -0.1) is 0 Å². The number of nitrogens with zero attached hydrogens (tertiary/aromatic N) is 2. The van der Waals surface area contributed by atoms with E-state index in [1.807, 2.05) is 6.92 Å². The summed E-state index contributed by atoms with van der Waals surface area (Å²) in [5.74, 6) is 0.0903. The zero-order valence-electron chi connectivity index (χ0n) is 22.4. The second-order valence-corrected chi connectivity index (χ2v) is 9.09. The Balaban J connectivity index is 1.85. The van der Waals surface area contributed by atoms with Crippen LogP contribution < -0.4 is 18.9 Å². The van der Waals surface area contributed by atoms with Crippen molar-refractivity contribution in [2.24, 2.45) is 0 Å². The van der Waals surface area contributed by atoms with Crippen molar-refractivity contribution in [3.05, 3.63) is 52.6 Å². The van der Waals surface area contributed by atoms with E-state index in [1.54, 1.807) is 37.4 Å². The third-order valence-electron chi connectivity index (χ3n) is 6.97. The average molecular weight is 527 g/mol. The number of hydrogen-bond acceptors (Lipinski definition) is 9. The molecular weight excluding hydrogens is 492 g/mol. The van der Waals surface area contributed by atoms with Gasteiger partial charge < -0.3 is 33.7 Å². The number of amides is 1. The summed E-state index contributed by atoms with van der Waals surface area (Å²) in [4.78, 5) is 30.5. The normalized spacial score (nSPS) is 19.5. The van der Waals surface area contributed by atoms with Gasteiger partial charge in [-0.25, -0.2) is 0 Å². The Labute approximate surface area is 222 Å². The van der Waals surface area contributed by atoms with Crippen LogP contribution in [0, 0.1) is 6.92 Å². The molecule has 0 unspecified atom stereocenters. The maximum absolute atomic E-state index is 13.5. The molecule has 0 spiro atoms. The fourth-order valence-electron chi connectivity index (χ4n) is 4.97. The monoisotopic (exact) mass is 526 g/mol. The SMILES string of the molecule is COc1ccc(C(O)=C2C(=O)C(=O)N(CCN3CCOCC3)[C@@H]2c2cc(OC)c(OC)c(OC)c2)cc1C. The van der Waals surface area contributed by atoms with Crippen molar-refractivity contribution < 1.29 is 38.4 Å². The number of morpholine rings is 1. The van der Waals surface area contributed by atoms with E-state index in [0.717, 1.165) is 18.7 Å². The summed E-state index contributed by atoms with van der Waals surface area (Å²) < 4.78 is 27.3. The van der Waals surface area contributed by atoms with Gasteiger partial charge in [0.25, 0.3) is 11.7 Å². The Hall–Kier alpha value is -3.76. The van der Waals surface area contributed by atoms with Crippen molar-refractivity contribution in [2.45, 2.75) is 13.0 Å². The number of carbonyl (C=O) groups is 2. The summed E-state index contributed by atoms with van der Waals surface area (Å²) in [6.07, 6.45) is 0. The van der Waals surface area contributed by atoms with Crippen molar-refractivity contribution in [3.63, 3.8) is 0 Å². The Kier molecular flexibility index (Phi) is 8.43. The minimum absolute atomic E-state index is 0.00387. The topological polar surface area (TPSA) is 107 Å². The fraction of sp³-hybridized carbons (Fsp3) is 0.429. The van der Waals surface area contributed by atoms with E-state index in [-0.39, 0.29) is 17.9 Å². The molecular formula is C28H34N2O8. The van der Waals surface area contributed by atoms with Gasteiger partial charge in [0.2, 0.25) is 5.75 Å². The molecule has 4 rings (SSSR count). The number of benzene rings is 2. The Morgan fingerprint density at radius 1 is 0.921 bits per heavy atom. The first-order valence-corrected chi connectivity index (χ1v) is 12.4. The van der Waals surface area contributed by atoms with Gasteiger partial charge in [-0.3, -0.25) is 14.5 Å². The number of aryl methyl sites for hydroxylation is 1. The minimum atomic E-state index is -0.868. The van der Waals surface area contributed by atoms with Gasteiger partial charge >= 0.3 is 0 Å². The van der Waals surface area contributed by atoms with Crippen LogP contribution >= 0.6 is 0 Å². The van der Waals surface area contributed by atoms with Crippen LogP contribution in [0.3, 0.4) is 0 Å². The number of aliphatic hydroxyl groups excluding tert-OH is 1. The molecule has 0 bridgehead atoms. The third kappa shape index (κ3) is 5.14. The minimum Gasteiger partial charge on any atom is -0.507 e. The molecule has 0 saturated carbocycles. The van der Waals surface area contributed by atoms with E-state index >= 15 is 0 Å². The van der Waals surface area contributed by atoms with Crippen LogP contribution in [0.15, 0.2) is 35.9 Å². The molecule has 1 atom stereocenters. The summed E-state index contributed by atoms with van der Waals surface area (Å²) in [5.41, 5.74) is 1.73. The molecule has 204 valence electrons. The van der Waals surface area contributed by atoms with Gasteiger partial charge in [-0.1, -0.05) is 0 Å². The second-order valence-electron chi connectivity index (χ2n) is 9.09. The molecule has 2 aromatic carbocycles. The number of Topliss-reactive ketones (excluding diaryl/α,β-unsaturated/α-hetero) is 1. The number of ether oxygens (including phenoxy) is 5. The zero-order valence-corrected chi connectivity index (χ0v) is 22.4. The lowest BCUT2D eigenvalue weighted by Gasteiger charge is -2.31. The number of rotatable bonds is 9. The maximum atomic E-state index is 13.5. The number of ketones is 1. The van der Waals surface area contributed by atoms with Gasteiger partial charge in [-0.2, -0.15) is 0 Å². The summed E-state index contributed by atoms with van der Waals surface area (Å²) in [7, 11) is 6.06. The molecule has 38 heavy (non-hydrogen) atoms. The Morgan fingerprint density at radius 2 is 1.55 bits per heavy atom. The van der Waals surface area contributed by atoms with E-state index in [4.69, 9.17) is 23.7 Å². The van der Waals surface area contributed by atoms with Crippen molar-refractivity contribution in [2.75, 3.05) is 67.8 Å². The summed E-state index contributed by atoms with van der Waals surface area (Å²) in [5, 5.41) is 11.4. The smallest absolute Gasteiger partial charge is 0.295 e. The standard InChI is InChI=1S/C28H34N2O8/c1-17-14-18(6-7-20(17)34-2)25(31)23-24(19-15-21(35-3)27(37-5)22(16-19)36-4)30(28(33)26(23)32)9-8-29-10-12-38-13-11-29/h6-7,14-16,24,31H,8-13H2,1-5H3/t24-/m1/s1. The van der Waals surface area contributed by atoms with Gasteiger partial charge in [0.15, 0.2) is 11.5 Å². The van der Waals surface area contributed by atoms with Crippen LogP contribution in [0.4, 0.5) is 0 Å². The maximum Gasteiger partial charge on any atom is 0.295 e. The Morgan fingerprint density at radius 3 is 2.11 bits per heavy atom. The number of hydrogen-bond donors (Lipinski definition) is 1. The van der Waals surface area contributed by atoms with E-state index in [1.165, 1.54) is 26.2 Å². The highest BCUT2D eigenvalue weighted by molar-refractivity contribution is 6.46. The zero-order chi connectivity index (χ0) is 27.4. The molecule has 10 nitrogen and oxygen atoms in total. The molecule has 10 heteroatoms. The van der Waals surface area contributed by atoms with Gasteiger partial charge in [-0.05, 0) is 48.4 Å². The number of methoxy groups -OCH3 is 4. The highest BCUT2D eigenvalue weighted by Gasteiger charge is 2.46. The average Bonchev–Trinajstić information content (AvgIpc) is 3.20. The van der Waals surface area contributed by atoms with Crippen molar-refractivity contribution in [1.82, 2.24) is 9.80 Å². The van der Waals surface area contributed by atoms with E-state index in [2.05, 4.69) is 4.90 Å². The van der Waals surface area contributed by atoms with Crippen molar-refractivity contribution >= 4 is 17.4 Å². The highest BCUT2D eigenvalue weighted by atomic mass is 16.5. The van der Waals surface area contributed by atoms with Gasteiger partial charge in [0, 0.05) is 31.7 Å². The Bertz CT molecular complexity index is 1210. The summed E-state index contributed by atoms with van der Waals surface area (Å²) in [6, 6.07) is 7.63. The molecule has 2 aliphatic rings. The second kappa shape index (κ2) is 11.7. The highest BCUT2D eigenvalue weighted by Crippen LogP contribution is 2.45. The van der Waals surface area contributed by atoms with E-state index in [9.17, 15) is 14.7 Å². The van der Waals surface area contributed by atoms with E-state index in [0.29, 0.717) is 53.9 Å².